The van der Waals surface area contributed by atoms with Gasteiger partial charge in [-0.25, -0.2) is 4.39 Å². The Morgan fingerprint density at radius 2 is 1.85 bits per heavy atom. The maximum absolute atomic E-state index is 14.3. The van der Waals surface area contributed by atoms with Gasteiger partial charge in [-0.1, -0.05) is 12.1 Å². The van der Waals surface area contributed by atoms with Crippen molar-refractivity contribution < 1.29 is 9.18 Å². The molecule has 0 fully saturated rings. The molecule has 0 bridgehead atoms. The van der Waals surface area contributed by atoms with Crippen molar-refractivity contribution in [1.82, 2.24) is 4.98 Å². The molecule has 6 rings (SSSR count). The molecule has 170 valence electrons. The summed E-state index contributed by atoms with van der Waals surface area (Å²) in [6.07, 6.45) is 1.84. The Morgan fingerprint density at radius 1 is 1.12 bits per heavy atom. The maximum atomic E-state index is 14.3. The van der Waals surface area contributed by atoms with Crippen LogP contribution in [0.4, 0.5) is 27.1 Å². The summed E-state index contributed by atoms with van der Waals surface area (Å²) in [6, 6.07) is 19.0. The molecule has 2 aliphatic rings. The molecule has 0 saturated carbocycles. The molecule has 3 N–H and O–H groups in total. The molecular weight excluding hydrogens is 449 g/mol. The fourth-order valence-corrected chi connectivity index (χ4v) is 5.73. The van der Waals surface area contributed by atoms with Crippen LogP contribution in [-0.4, -0.2) is 24.5 Å². The highest BCUT2D eigenvalue weighted by molar-refractivity contribution is 7.15. The lowest BCUT2D eigenvalue weighted by Crippen LogP contribution is -2.32. The number of hydrogen-bond donors (Lipinski definition) is 3. The first-order chi connectivity index (χ1) is 16.6. The minimum atomic E-state index is -0.461. The van der Waals surface area contributed by atoms with E-state index in [1.54, 1.807) is 28.4 Å². The zero-order valence-electron chi connectivity index (χ0n) is 18.4. The van der Waals surface area contributed by atoms with Crippen LogP contribution >= 0.6 is 11.3 Å². The number of para-hydroxylation sites is 2. The van der Waals surface area contributed by atoms with E-state index in [-0.39, 0.29) is 12.1 Å². The van der Waals surface area contributed by atoms with Gasteiger partial charge in [-0.05, 0) is 54.4 Å². The third-order valence-corrected chi connectivity index (χ3v) is 7.50. The van der Waals surface area contributed by atoms with E-state index in [2.05, 4.69) is 27.0 Å². The van der Waals surface area contributed by atoms with Crippen LogP contribution in [0, 0.1) is 5.82 Å². The zero-order valence-corrected chi connectivity index (χ0v) is 19.2. The second-order valence-electron chi connectivity index (χ2n) is 8.33. The average Bonchev–Trinajstić information content (AvgIpc) is 3.45. The molecule has 34 heavy (non-hydrogen) atoms. The second-order valence-corrected chi connectivity index (χ2v) is 9.41. The van der Waals surface area contributed by atoms with Gasteiger partial charge in [0.05, 0.1) is 28.1 Å². The van der Waals surface area contributed by atoms with Crippen LogP contribution in [-0.2, 0) is 6.42 Å². The molecule has 1 amide bonds. The number of hydrogen-bond acceptors (Lipinski definition) is 6. The van der Waals surface area contributed by atoms with Gasteiger partial charge < -0.3 is 20.9 Å². The van der Waals surface area contributed by atoms with Crippen molar-refractivity contribution in [2.45, 2.75) is 12.6 Å². The predicted octanol–water partition coefficient (Wildman–Crippen LogP) is 5.73. The molecule has 0 aliphatic carbocycles. The first-order valence-electron chi connectivity index (χ1n) is 11.1. The highest BCUT2D eigenvalue weighted by atomic mass is 32.1. The van der Waals surface area contributed by atoms with Crippen molar-refractivity contribution in [3.05, 3.63) is 88.7 Å². The van der Waals surface area contributed by atoms with Crippen molar-refractivity contribution >= 4 is 40.0 Å². The maximum Gasteiger partial charge on any atom is 0.258 e. The highest BCUT2D eigenvalue weighted by Gasteiger charge is 2.30. The van der Waals surface area contributed by atoms with Crippen LogP contribution in [0.2, 0.25) is 0 Å². The fourth-order valence-electron chi connectivity index (χ4n) is 4.51. The molecule has 2 aromatic heterocycles. The number of pyridine rings is 1. The summed E-state index contributed by atoms with van der Waals surface area (Å²) in [7, 11) is 1.83. The molecule has 0 saturated heterocycles. The predicted molar refractivity (Wildman–Crippen MR) is 135 cm³/mol. The van der Waals surface area contributed by atoms with Crippen molar-refractivity contribution in [1.29, 1.82) is 0 Å². The number of benzene rings is 2. The molecule has 2 aliphatic heterocycles. The van der Waals surface area contributed by atoms with Crippen LogP contribution in [0.15, 0.2) is 66.9 Å². The van der Waals surface area contributed by atoms with Crippen molar-refractivity contribution in [3.8, 4) is 10.6 Å². The Bertz CT molecular complexity index is 1380. The number of amides is 1. The first kappa shape index (κ1) is 20.7. The smallest absolute Gasteiger partial charge is 0.258 e. The Kier molecular flexibility index (Phi) is 4.95. The van der Waals surface area contributed by atoms with Crippen molar-refractivity contribution in [2.24, 2.45) is 0 Å². The molecule has 0 atom stereocenters. The Morgan fingerprint density at radius 3 is 2.56 bits per heavy atom. The van der Waals surface area contributed by atoms with Gasteiger partial charge in [-0.3, -0.25) is 9.78 Å². The number of nitrogens with one attached hydrogen (secondary N) is 3. The number of rotatable bonds is 3. The molecule has 6 nitrogen and oxygen atoms in total. The largest absolute Gasteiger partial charge is 0.388 e. The van der Waals surface area contributed by atoms with E-state index in [4.69, 9.17) is 0 Å². The number of carbonyl (C=O) groups is 1. The topological polar surface area (TPSA) is 69.3 Å². The molecule has 4 aromatic rings. The monoisotopic (exact) mass is 471 g/mol. The first-order valence-corrected chi connectivity index (χ1v) is 11.9. The normalized spacial score (nSPS) is 14.4. The summed E-state index contributed by atoms with van der Waals surface area (Å²) in [4.78, 5) is 21.6. The number of anilines is 4. The summed E-state index contributed by atoms with van der Waals surface area (Å²) < 4.78 is 14.3. The van der Waals surface area contributed by atoms with Gasteiger partial charge in [0, 0.05) is 35.8 Å². The fraction of sp³-hybridized carbons (Fsp3) is 0.154. The number of carbonyl (C=O) groups excluding carboxylic acids is 1. The van der Waals surface area contributed by atoms with Gasteiger partial charge in [-0.2, -0.15) is 0 Å². The quantitative estimate of drug-likeness (QED) is 0.356. The van der Waals surface area contributed by atoms with Gasteiger partial charge in [-0.15, -0.1) is 11.3 Å². The van der Waals surface area contributed by atoms with Crippen LogP contribution in [0.1, 0.15) is 27.0 Å². The van der Waals surface area contributed by atoms with Gasteiger partial charge in [0.1, 0.15) is 17.7 Å². The molecule has 0 spiro atoms. The SMILES string of the molecule is CNc1ccc(C(=O)N2CCc3cc(C4Nc5ccccc5N4)sc3-c3ncc(F)cc32)cc1. The minimum absolute atomic E-state index is 0.0401. The summed E-state index contributed by atoms with van der Waals surface area (Å²) in [5, 5.41) is 10.1. The summed E-state index contributed by atoms with van der Waals surface area (Å²) in [5.74, 6) is -0.627. The summed E-state index contributed by atoms with van der Waals surface area (Å²) in [5.41, 5.74) is 5.87. The minimum Gasteiger partial charge on any atom is -0.388 e. The summed E-state index contributed by atoms with van der Waals surface area (Å²) >= 11 is 1.62. The lowest BCUT2D eigenvalue weighted by molar-refractivity contribution is 0.0987. The highest BCUT2D eigenvalue weighted by Crippen LogP contribution is 2.44. The van der Waals surface area contributed by atoms with Crippen LogP contribution < -0.4 is 20.9 Å². The molecule has 0 unspecified atom stereocenters. The van der Waals surface area contributed by atoms with Crippen LogP contribution in [0.25, 0.3) is 10.6 Å². The molecule has 0 radical (unpaired) electrons. The van der Waals surface area contributed by atoms with Gasteiger partial charge in [0.25, 0.3) is 5.91 Å². The molecule has 2 aromatic carbocycles. The van der Waals surface area contributed by atoms with Crippen LogP contribution in [0.3, 0.4) is 0 Å². The Labute approximate surface area is 200 Å². The lowest BCUT2D eigenvalue weighted by atomic mass is 10.1. The average molecular weight is 472 g/mol. The summed E-state index contributed by atoms with van der Waals surface area (Å²) in [6.45, 7) is 0.444. The van der Waals surface area contributed by atoms with E-state index >= 15 is 0 Å². The Balaban J connectivity index is 1.36. The number of halogens is 1. The standard InChI is InChI=1S/C26H22FN5OS/c1-28-18-8-6-15(7-9-18)26(33)32-11-10-16-12-22(25-30-19-4-2-3-5-20(19)31-25)34-24(16)23-21(32)13-17(27)14-29-23/h2-9,12-14,25,28,30-31H,10-11H2,1H3. The number of aromatic nitrogens is 1. The van der Waals surface area contributed by atoms with E-state index < -0.39 is 5.82 Å². The third-order valence-electron chi connectivity index (χ3n) is 6.25. The zero-order chi connectivity index (χ0) is 23.2. The van der Waals surface area contributed by atoms with E-state index in [0.29, 0.717) is 29.9 Å². The van der Waals surface area contributed by atoms with Crippen LogP contribution in [0.5, 0.6) is 0 Å². The molecule has 4 heterocycles. The van der Waals surface area contributed by atoms with E-state index in [1.165, 1.54) is 12.3 Å². The second kappa shape index (κ2) is 8.14. The molecular formula is C26H22FN5OS. The lowest BCUT2D eigenvalue weighted by Gasteiger charge is -2.23. The van der Waals surface area contributed by atoms with E-state index in [9.17, 15) is 9.18 Å². The Hall–Kier alpha value is -3.91. The van der Waals surface area contributed by atoms with Gasteiger partial charge in [0.15, 0.2) is 0 Å². The van der Waals surface area contributed by atoms with Gasteiger partial charge >= 0.3 is 0 Å². The third kappa shape index (κ3) is 3.47. The molecule has 8 heteroatoms. The van der Waals surface area contributed by atoms with E-state index in [0.717, 1.165) is 32.4 Å². The van der Waals surface area contributed by atoms with E-state index in [1.807, 2.05) is 43.4 Å². The number of nitrogens with zero attached hydrogens (tertiary/aromatic N) is 2. The number of thiophene rings is 1. The van der Waals surface area contributed by atoms with Crippen molar-refractivity contribution in [2.75, 3.05) is 34.4 Å². The van der Waals surface area contributed by atoms with Crippen molar-refractivity contribution in [3.63, 3.8) is 0 Å². The number of fused-ring (bicyclic) bond motifs is 4. The van der Waals surface area contributed by atoms with Gasteiger partial charge in [0.2, 0.25) is 0 Å².